The fourth-order valence-electron chi connectivity index (χ4n) is 2.14. The molecule has 0 aromatic heterocycles. The largest absolute Gasteiger partial charge is 0.383 e. The van der Waals surface area contributed by atoms with Gasteiger partial charge >= 0.3 is 0 Å². The SMILES string of the molecule is COCCNCC(=O)NC(C1CC1)C1CC1.Cl. The number of rotatable bonds is 8. The van der Waals surface area contributed by atoms with Gasteiger partial charge in [0.1, 0.15) is 0 Å². The van der Waals surface area contributed by atoms with Crippen LogP contribution in [-0.2, 0) is 9.53 Å². The summed E-state index contributed by atoms with van der Waals surface area (Å²) in [5.74, 6) is 1.69. The topological polar surface area (TPSA) is 50.4 Å². The van der Waals surface area contributed by atoms with Gasteiger partial charge in [-0.2, -0.15) is 0 Å². The number of halogens is 1. The lowest BCUT2D eigenvalue weighted by molar-refractivity contribution is -0.121. The third-order valence-electron chi connectivity index (χ3n) is 3.36. The first-order valence-electron chi connectivity index (χ1n) is 6.30. The van der Waals surface area contributed by atoms with E-state index in [4.69, 9.17) is 4.74 Å². The third kappa shape index (κ3) is 5.23. The van der Waals surface area contributed by atoms with Crippen molar-refractivity contribution >= 4 is 18.3 Å². The van der Waals surface area contributed by atoms with Crippen LogP contribution in [-0.4, -0.2) is 38.8 Å². The van der Waals surface area contributed by atoms with Crippen LogP contribution >= 0.6 is 12.4 Å². The summed E-state index contributed by atoms with van der Waals surface area (Å²) in [6.07, 6.45) is 5.22. The Hall–Kier alpha value is -0.320. The molecule has 2 saturated carbocycles. The number of carbonyl (C=O) groups excluding carboxylic acids is 1. The maximum Gasteiger partial charge on any atom is 0.234 e. The van der Waals surface area contributed by atoms with Gasteiger partial charge in [-0.05, 0) is 37.5 Å². The smallest absolute Gasteiger partial charge is 0.234 e. The number of nitrogens with one attached hydrogen (secondary N) is 2. The zero-order chi connectivity index (χ0) is 11.4. The molecular weight excluding hydrogens is 240 g/mol. The normalized spacial score (nSPS) is 18.9. The Morgan fingerprint density at radius 1 is 1.29 bits per heavy atom. The lowest BCUT2D eigenvalue weighted by atomic mass is 10.1. The quantitative estimate of drug-likeness (QED) is 0.641. The van der Waals surface area contributed by atoms with Gasteiger partial charge in [0.05, 0.1) is 13.2 Å². The number of amides is 1. The van der Waals surface area contributed by atoms with Gasteiger partial charge in [-0.15, -0.1) is 12.4 Å². The molecule has 100 valence electrons. The summed E-state index contributed by atoms with van der Waals surface area (Å²) in [7, 11) is 1.66. The molecule has 0 unspecified atom stereocenters. The molecule has 0 aliphatic heterocycles. The minimum absolute atomic E-state index is 0. The van der Waals surface area contributed by atoms with E-state index >= 15 is 0 Å². The van der Waals surface area contributed by atoms with E-state index in [1.165, 1.54) is 25.7 Å². The van der Waals surface area contributed by atoms with Crippen LogP contribution in [0.15, 0.2) is 0 Å². The first-order chi connectivity index (χ1) is 7.81. The molecule has 0 atom stereocenters. The molecule has 2 aliphatic rings. The summed E-state index contributed by atoms with van der Waals surface area (Å²) in [4.78, 5) is 11.7. The van der Waals surface area contributed by atoms with Crippen LogP contribution in [0.2, 0.25) is 0 Å². The number of ether oxygens (including phenoxy) is 1. The highest BCUT2D eigenvalue weighted by atomic mass is 35.5. The number of methoxy groups -OCH3 is 1. The average molecular weight is 263 g/mol. The second-order valence-corrected chi connectivity index (χ2v) is 4.94. The van der Waals surface area contributed by atoms with Crippen LogP contribution < -0.4 is 10.6 Å². The van der Waals surface area contributed by atoms with E-state index in [2.05, 4.69) is 10.6 Å². The van der Waals surface area contributed by atoms with E-state index in [1.54, 1.807) is 7.11 Å². The van der Waals surface area contributed by atoms with Crippen LogP contribution in [0.25, 0.3) is 0 Å². The molecular formula is C12H23ClN2O2. The summed E-state index contributed by atoms with van der Waals surface area (Å²) in [5, 5.41) is 6.25. The molecule has 2 aliphatic carbocycles. The van der Waals surface area contributed by atoms with Crippen LogP contribution in [0.3, 0.4) is 0 Å². The lowest BCUT2D eigenvalue weighted by Gasteiger charge is -2.17. The van der Waals surface area contributed by atoms with E-state index in [1.807, 2.05) is 0 Å². The zero-order valence-corrected chi connectivity index (χ0v) is 11.2. The molecule has 0 heterocycles. The zero-order valence-electron chi connectivity index (χ0n) is 10.4. The van der Waals surface area contributed by atoms with E-state index in [0.717, 1.165) is 18.4 Å². The Balaban J connectivity index is 0.00000144. The Bertz CT molecular complexity index is 231. The minimum Gasteiger partial charge on any atom is -0.383 e. The number of carbonyl (C=O) groups is 1. The van der Waals surface area contributed by atoms with Crippen molar-refractivity contribution in [2.24, 2.45) is 11.8 Å². The monoisotopic (exact) mass is 262 g/mol. The molecule has 1 amide bonds. The van der Waals surface area contributed by atoms with Crippen molar-refractivity contribution in [1.82, 2.24) is 10.6 Å². The second-order valence-electron chi connectivity index (χ2n) is 4.94. The highest BCUT2D eigenvalue weighted by Gasteiger charge is 2.41. The highest BCUT2D eigenvalue weighted by Crippen LogP contribution is 2.44. The Morgan fingerprint density at radius 3 is 2.35 bits per heavy atom. The van der Waals surface area contributed by atoms with Crippen molar-refractivity contribution in [3.05, 3.63) is 0 Å². The van der Waals surface area contributed by atoms with E-state index in [9.17, 15) is 4.79 Å². The lowest BCUT2D eigenvalue weighted by Crippen LogP contribution is -2.43. The number of hydrogen-bond donors (Lipinski definition) is 2. The van der Waals surface area contributed by atoms with Crippen molar-refractivity contribution in [3.63, 3.8) is 0 Å². The van der Waals surface area contributed by atoms with Gasteiger partial charge in [0.15, 0.2) is 0 Å². The van der Waals surface area contributed by atoms with Crippen LogP contribution in [0.1, 0.15) is 25.7 Å². The minimum atomic E-state index is 0. The van der Waals surface area contributed by atoms with Crippen molar-refractivity contribution in [3.8, 4) is 0 Å². The van der Waals surface area contributed by atoms with Crippen molar-refractivity contribution in [2.75, 3.05) is 26.8 Å². The summed E-state index contributed by atoms with van der Waals surface area (Å²) in [6.45, 7) is 1.81. The molecule has 2 N–H and O–H groups in total. The maximum absolute atomic E-state index is 11.7. The van der Waals surface area contributed by atoms with E-state index < -0.39 is 0 Å². The van der Waals surface area contributed by atoms with Gasteiger partial charge < -0.3 is 15.4 Å². The third-order valence-corrected chi connectivity index (χ3v) is 3.36. The molecule has 5 heteroatoms. The average Bonchev–Trinajstić information content (AvgIpc) is 3.15. The molecule has 0 bridgehead atoms. The summed E-state index contributed by atoms with van der Waals surface area (Å²) in [6, 6.07) is 0.469. The van der Waals surface area contributed by atoms with Gasteiger partial charge in [-0.1, -0.05) is 0 Å². The summed E-state index contributed by atoms with van der Waals surface area (Å²) < 4.78 is 4.91. The number of hydrogen-bond acceptors (Lipinski definition) is 3. The summed E-state index contributed by atoms with van der Waals surface area (Å²) in [5.41, 5.74) is 0. The first kappa shape index (κ1) is 14.7. The molecule has 2 rings (SSSR count). The van der Waals surface area contributed by atoms with Crippen molar-refractivity contribution < 1.29 is 9.53 Å². The van der Waals surface area contributed by atoms with Crippen molar-refractivity contribution in [1.29, 1.82) is 0 Å². The summed E-state index contributed by atoms with van der Waals surface area (Å²) >= 11 is 0. The van der Waals surface area contributed by atoms with Gasteiger partial charge in [0.25, 0.3) is 0 Å². The molecule has 0 aromatic carbocycles. The van der Waals surface area contributed by atoms with E-state index in [-0.39, 0.29) is 18.3 Å². The maximum atomic E-state index is 11.7. The van der Waals surface area contributed by atoms with E-state index in [0.29, 0.717) is 19.2 Å². The molecule has 17 heavy (non-hydrogen) atoms. The molecule has 4 nitrogen and oxygen atoms in total. The second kappa shape index (κ2) is 7.19. The van der Waals surface area contributed by atoms with Gasteiger partial charge in [0, 0.05) is 19.7 Å². The highest BCUT2D eigenvalue weighted by molar-refractivity contribution is 5.85. The van der Waals surface area contributed by atoms with Crippen LogP contribution in [0.5, 0.6) is 0 Å². The molecule has 2 fully saturated rings. The van der Waals surface area contributed by atoms with Crippen molar-refractivity contribution in [2.45, 2.75) is 31.7 Å². The Labute approximate surface area is 109 Å². The standard InChI is InChI=1S/C12H22N2O2.ClH/c1-16-7-6-13-8-11(15)14-12(9-2-3-9)10-4-5-10;/h9-10,12-13H,2-8H2,1H3,(H,14,15);1H. The first-order valence-corrected chi connectivity index (χ1v) is 6.30. The fourth-order valence-corrected chi connectivity index (χ4v) is 2.14. The van der Waals surface area contributed by atoms with Crippen LogP contribution in [0.4, 0.5) is 0 Å². The molecule has 0 spiro atoms. The molecule has 0 radical (unpaired) electrons. The molecule has 0 aromatic rings. The van der Waals surface area contributed by atoms with Gasteiger partial charge in [-0.3, -0.25) is 4.79 Å². The predicted octanol–water partition coefficient (Wildman–Crippen LogP) is 0.949. The Morgan fingerprint density at radius 2 is 1.88 bits per heavy atom. The van der Waals surface area contributed by atoms with Gasteiger partial charge in [-0.25, -0.2) is 0 Å². The Kier molecular flexibility index (Phi) is 6.23. The van der Waals surface area contributed by atoms with Gasteiger partial charge in [0.2, 0.25) is 5.91 Å². The molecule has 0 saturated heterocycles. The fraction of sp³-hybridized carbons (Fsp3) is 0.917. The predicted molar refractivity (Wildman–Crippen MR) is 69.4 cm³/mol. The van der Waals surface area contributed by atoms with Crippen LogP contribution in [0, 0.1) is 11.8 Å².